The number of hydrogen-bond acceptors (Lipinski definition) is 2. The van der Waals surface area contributed by atoms with Crippen LogP contribution in [-0.4, -0.2) is 24.0 Å². The summed E-state index contributed by atoms with van der Waals surface area (Å²) in [6.45, 7) is 8.55. The highest BCUT2D eigenvalue weighted by molar-refractivity contribution is 9.10. The van der Waals surface area contributed by atoms with Crippen LogP contribution in [0, 0.1) is 0 Å². The Morgan fingerprint density at radius 3 is 2.79 bits per heavy atom. The zero-order valence-corrected chi connectivity index (χ0v) is 13.4. The van der Waals surface area contributed by atoms with Crippen molar-refractivity contribution in [1.29, 1.82) is 0 Å². The van der Waals surface area contributed by atoms with Gasteiger partial charge in [0.15, 0.2) is 0 Å². The third-order valence-electron chi connectivity index (χ3n) is 3.37. The van der Waals surface area contributed by atoms with Gasteiger partial charge in [-0.25, -0.2) is 0 Å². The second kappa shape index (κ2) is 7.22. The average molecular weight is 323 g/mol. The molecule has 2 rings (SSSR count). The first-order valence-corrected chi connectivity index (χ1v) is 7.82. The minimum atomic E-state index is 0.526. The Balaban J connectivity index is 1.96. The first-order valence-electron chi connectivity index (χ1n) is 7.03. The van der Waals surface area contributed by atoms with Crippen molar-refractivity contribution < 1.29 is 0 Å². The highest BCUT2D eigenvalue weighted by Gasteiger charge is 2.09. The number of benzene rings is 1. The third kappa shape index (κ3) is 4.75. The summed E-state index contributed by atoms with van der Waals surface area (Å²) >= 11 is 3.71. The smallest absolute Gasteiger partial charge is 0.0248 e. The highest BCUT2D eigenvalue weighted by atomic mass is 79.9. The van der Waals surface area contributed by atoms with Gasteiger partial charge >= 0.3 is 0 Å². The minimum Gasteiger partial charge on any atom is -0.310 e. The third-order valence-corrected chi connectivity index (χ3v) is 4.11. The molecule has 0 spiro atoms. The summed E-state index contributed by atoms with van der Waals surface area (Å²) in [4.78, 5) is 2.48. The molecule has 0 unspecified atom stereocenters. The first kappa shape index (κ1) is 14.8. The van der Waals surface area contributed by atoms with Crippen molar-refractivity contribution in [3.05, 3.63) is 46.0 Å². The zero-order valence-electron chi connectivity index (χ0n) is 11.8. The van der Waals surface area contributed by atoms with Gasteiger partial charge in [0.25, 0.3) is 0 Å². The van der Waals surface area contributed by atoms with Gasteiger partial charge in [-0.15, -0.1) is 0 Å². The second-order valence-corrected chi connectivity index (χ2v) is 6.31. The number of rotatable bonds is 5. The molecule has 1 aromatic rings. The summed E-state index contributed by atoms with van der Waals surface area (Å²) in [7, 11) is 0. The van der Waals surface area contributed by atoms with E-state index in [0.717, 1.165) is 19.6 Å². The summed E-state index contributed by atoms with van der Waals surface area (Å²) in [6, 6.07) is 7.25. The van der Waals surface area contributed by atoms with Gasteiger partial charge in [-0.3, -0.25) is 4.90 Å². The molecule has 0 fully saturated rings. The summed E-state index contributed by atoms with van der Waals surface area (Å²) in [5.74, 6) is 0. The van der Waals surface area contributed by atoms with E-state index in [1.807, 2.05) is 0 Å². The van der Waals surface area contributed by atoms with Crippen LogP contribution in [0.2, 0.25) is 0 Å². The SMILES string of the molecule is CC(C)NCc1ccc(CN2CC=CCC2)c(Br)c1. The Kier molecular flexibility index (Phi) is 5.61. The van der Waals surface area contributed by atoms with Gasteiger partial charge in [0.2, 0.25) is 0 Å². The quantitative estimate of drug-likeness (QED) is 0.831. The average Bonchev–Trinajstić information content (AvgIpc) is 2.40. The predicted octanol–water partition coefficient (Wildman–Crippen LogP) is 3.71. The molecule has 19 heavy (non-hydrogen) atoms. The Morgan fingerprint density at radius 2 is 2.16 bits per heavy atom. The van der Waals surface area contributed by atoms with Crippen LogP contribution in [0.15, 0.2) is 34.8 Å². The zero-order chi connectivity index (χ0) is 13.7. The van der Waals surface area contributed by atoms with Crippen LogP contribution < -0.4 is 5.32 Å². The van der Waals surface area contributed by atoms with Crippen LogP contribution in [0.3, 0.4) is 0 Å². The summed E-state index contributed by atoms with van der Waals surface area (Å²) in [6.07, 6.45) is 5.71. The van der Waals surface area contributed by atoms with Gasteiger partial charge in [-0.1, -0.05) is 54.1 Å². The van der Waals surface area contributed by atoms with Crippen LogP contribution in [0.4, 0.5) is 0 Å². The molecule has 0 radical (unpaired) electrons. The molecule has 0 saturated carbocycles. The van der Waals surface area contributed by atoms with Crippen molar-refractivity contribution in [2.75, 3.05) is 13.1 Å². The molecule has 1 aromatic carbocycles. The van der Waals surface area contributed by atoms with Gasteiger partial charge in [0.05, 0.1) is 0 Å². The molecule has 1 heterocycles. The fourth-order valence-electron chi connectivity index (χ4n) is 2.23. The first-order chi connectivity index (χ1) is 9.15. The summed E-state index contributed by atoms with van der Waals surface area (Å²) < 4.78 is 1.23. The van der Waals surface area contributed by atoms with E-state index < -0.39 is 0 Å². The van der Waals surface area contributed by atoms with E-state index in [0.29, 0.717) is 6.04 Å². The van der Waals surface area contributed by atoms with E-state index in [2.05, 4.69) is 70.3 Å². The van der Waals surface area contributed by atoms with Crippen LogP contribution in [0.1, 0.15) is 31.4 Å². The van der Waals surface area contributed by atoms with Gasteiger partial charge in [-0.2, -0.15) is 0 Å². The van der Waals surface area contributed by atoms with Crippen LogP contribution in [-0.2, 0) is 13.1 Å². The van der Waals surface area contributed by atoms with Crippen molar-refractivity contribution in [3.63, 3.8) is 0 Å². The van der Waals surface area contributed by atoms with Crippen molar-refractivity contribution in [2.45, 2.75) is 39.4 Å². The van der Waals surface area contributed by atoms with Crippen LogP contribution in [0.5, 0.6) is 0 Å². The molecule has 1 N–H and O–H groups in total. The maximum absolute atomic E-state index is 3.71. The Morgan fingerprint density at radius 1 is 1.32 bits per heavy atom. The molecule has 1 aliphatic rings. The van der Waals surface area contributed by atoms with E-state index in [9.17, 15) is 0 Å². The van der Waals surface area contributed by atoms with Gasteiger partial charge in [0, 0.05) is 36.7 Å². The van der Waals surface area contributed by atoms with E-state index in [-0.39, 0.29) is 0 Å². The maximum Gasteiger partial charge on any atom is 0.0248 e. The van der Waals surface area contributed by atoms with Crippen molar-refractivity contribution >= 4 is 15.9 Å². The topological polar surface area (TPSA) is 15.3 Å². The lowest BCUT2D eigenvalue weighted by molar-refractivity contribution is 0.290. The molecule has 0 atom stereocenters. The molecular formula is C16H23BrN2. The normalized spacial score (nSPS) is 16.2. The van der Waals surface area contributed by atoms with Crippen LogP contribution >= 0.6 is 15.9 Å². The lowest BCUT2D eigenvalue weighted by Crippen LogP contribution is -2.26. The molecule has 1 aliphatic heterocycles. The fraction of sp³-hybridized carbons (Fsp3) is 0.500. The lowest BCUT2D eigenvalue weighted by atomic mass is 10.1. The number of nitrogens with one attached hydrogen (secondary N) is 1. The second-order valence-electron chi connectivity index (χ2n) is 5.46. The van der Waals surface area contributed by atoms with Crippen molar-refractivity contribution in [1.82, 2.24) is 10.2 Å². The van der Waals surface area contributed by atoms with E-state index in [1.54, 1.807) is 0 Å². The molecule has 104 valence electrons. The summed E-state index contributed by atoms with van der Waals surface area (Å²) in [5.41, 5.74) is 2.71. The van der Waals surface area contributed by atoms with Crippen LogP contribution in [0.25, 0.3) is 0 Å². The van der Waals surface area contributed by atoms with Gasteiger partial charge < -0.3 is 5.32 Å². The number of halogens is 1. The monoisotopic (exact) mass is 322 g/mol. The lowest BCUT2D eigenvalue weighted by Gasteiger charge is -2.23. The van der Waals surface area contributed by atoms with E-state index in [4.69, 9.17) is 0 Å². The molecule has 2 nitrogen and oxygen atoms in total. The molecule has 0 aliphatic carbocycles. The minimum absolute atomic E-state index is 0.526. The Hall–Kier alpha value is -0.640. The molecular weight excluding hydrogens is 300 g/mol. The molecule has 0 saturated heterocycles. The number of hydrogen-bond donors (Lipinski definition) is 1. The standard InChI is InChI=1S/C16H23BrN2/c1-13(2)18-11-14-6-7-15(16(17)10-14)12-19-8-4-3-5-9-19/h3-4,6-7,10,13,18H,5,8-9,11-12H2,1-2H3. The highest BCUT2D eigenvalue weighted by Crippen LogP contribution is 2.21. The largest absolute Gasteiger partial charge is 0.310 e. The summed E-state index contributed by atoms with van der Waals surface area (Å²) in [5, 5.41) is 3.45. The van der Waals surface area contributed by atoms with Gasteiger partial charge in [-0.05, 0) is 23.6 Å². The molecule has 0 aromatic heterocycles. The Bertz CT molecular complexity index is 440. The molecule has 0 amide bonds. The molecule has 3 heteroatoms. The maximum atomic E-state index is 3.71. The predicted molar refractivity (Wildman–Crippen MR) is 85.2 cm³/mol. The number of nitrogens with zero attached hydrogens (tertiary/aromatic N) is 1. The Labute approximate surface area is 125 Å². The molecule has 0 bridgehead atoms. The van der Waals surface area contributed by atoms with Gasteiger partial charge in [0.1, 0.15) is 0 Å². The van der Waals surface area contributed by atoms with Crippen molar-refractivity contribution in [2.24, 2.45) is 0 Å². The fourth-order valence-corrected chi connectivity index (χ4v) is 2.78. The van der Waals surface area contributed by atoms with E-state index >= 15 is 0 Å². The van der Waals surface area contributed by atoms with Crippen molar-refractivity contribution in [3.8, 4) is 0 Å². The van der Waals surface area contributed by atoms with E-state index in [1.165, 1.54) is 28.6 Å².